The molecule has 0 aliphatic carbocycles. The zero-order chi connectivity index (χ0) is 22.1. The second-order valence-electron chi connectivity index (χ2n) is 7.38. The Morgan fingerprint density at radius 1 is 1.20 bits per heavy atom. The Labute approximate surface area is 176 Å². The van der Waals surface area contributed by atoms with Crippen molar-refractivity contribution in [3.05, 3.63) is 42.1 Å². The molecule has 164 valence electrons. The molecule has 2 amide bonds. The Morgan fingerprint density at radius 3 is 2.57 bits per heavy atom. The molecule has 1 aromatic rings. The molecule has 3 N–H and O–H groups in total. The zero-order valence-electron chi connectivity index (χ0n) is 17.5. The number of nitrogens with zero attached hydrogens (tertiary/aromatic N) is 1. The zero-order valence-corrected chi connectivity index (χ0v) is 17.5. The van der Waals surface area contributed by atoms with Crippen molar-refractivity contribution in [1.29, 1.82) is 0 Å². The second-order valence-corrected chi connectivity index (χ2v) is 7.38. The van der Waals surface area contributed by atoms with E-state index >= 15 is 0 Å². The van der Waals surface area contributed by atoms with E-state index in [1.165, 1.54) is 24.1 Å². The van der Waals surface area contributed by atoms with Crippen LogP contribution in [0.25, 0.3) is 0 Å². The van der Waals surface area contributed by atoms with E-state index in [4.69, 9.17) is 15.2 Å². The Kier molecular flexibility index (Phi) is 8.86. The number of amides is 2. The highest BCUT2D eigenvalue weighted by atomic mass is 16.5. The molecule has 1 aliphatic heterocycles. The van der Waals surface area contributed by atoms with Gasteiger partial charge in [-0.2, -0.15) is 0 Å². The summed E-state index contributed by atoms with van der Waals surface area (Å²) in [7, 11) is 1.46. The van der Waals surface area contributed by atoms with E-state index in [-0.39, 0.29) is 17.4 Å². The predicted octanol–water partition coefficient (Wildman–Crippen LogP) is 2.50. The highest BCUT2D eigenvalue weighted by Crippen LogP contribution is 2.24. The van der Waals surface area contributed by atoms with Crippen molar-refractivity contribution < 1.29 is 29.0 Å². The Balaban J connectivity index is 1.78. The van der Waals surface area contributed by atoms with Crippen LogP contribution in [0.4, 0.5) is 0 Å². The summed E-state index contributed by atoms with van der Waals surface area (Å²) in [6.45, 7) is 1.82. The van der Waals surface area contributed by atoms with Gasteiger partial charge in [-0.25, -0.2) is 4.79 Å². The number of unbranched alkanes of at least 4 members (excludes halogenated alkanes) is 2. The van der Waals surface area contributed by atoms with Crippen LogP contribution in [0, 0.1) is 0 Å². The monoisotopic (exact) mass is 418 g/mol. The summed E-state index contributed by atoms with van der Waals surface area (Å²) < 4.78 is 10.6. The molecule has 0 bridgehead atoms. The van der Waals surface area contributed by atoms with Crippen molar-refractivity contribution in [3.63, 3.8) is 0 Å². The molecule has 8 heteroatoms. The molecule has 30 heavy (non-hydrogen) atoms. The molecule has 0 fully saturated rings. The first kappa shape index (κ1) is 23.4. The first-order valence-electron chi connectivity index (χ1n) is 10.1. The average molecular weight is 418 g/mol. The fourth-order valence-corrected chi connectivity index (χ4v) is 3.38. The minimum Gasteiger partial charge on any atom is -0.507 e. The van der Waals surface area contributed by atoms with Crippen LogP contribution >= 0.6 is 0 Å². The maximum absolute atomic E-state index is 12.7. The largest absolute Gasteiger partial charge is 0.507 e. The highest BCUT2D eigenvalue weighted by molar-refractivity contribution is 6.00. The number of phenols is 1. The van der Waals surface area contributed by atoms with Crippen LogP contribution in [0.2, 0.25) is 0 Å². The van der Waals surface area contributed by atoms with Crippen molar-refractivity contribution in [2.75, 3.05) is 7.11 Å². The van der Waals surface area contributed by atoms with Gasteiger partial charge < -0.3 is 25.2 Å². The average Bonchev–Trinajstić information content (AvgIpc) is 3.20. The molecule has 0 saturated heterocycles. The Bertz CT molecular complexity index is 779. The number of ether oxygens (including phenoxy) is 2. The summed E-state index contributed by atoms with van der Waals surface area (Å²) in [4.78, 5) is 37.7. The summed E-state index contributed by atoms with van der Waals surface area (Å²) >= 11 is 0. The van der Waals surface area contributed by atoms with Gasteiger partial charge in [-0.05, 0) is 44.7 Å². The third-order valence-corrected chi connectivity index (χ3v) is 5.10. The number of carbonyl (C=O) groups excluding carboxylic acids is 3. The molecule has 1 aromatic carbocycles. The van der Waals surface area contributed by atoms with Crippen LogP contribution in [0.3, 0.4) is 0 Å². The van der Waals surface area contributed by atoms with Crippen LogP contribution in [-0.4, -0.2) is 53.1 Å². The van der Waals surface area contributed by atoms with Crippen LogP contribution in [0.15, 0.2) is 36.5 Å². The Morgan fingerprint density at radius 2 is 1.90 bits per heavy atom. The molecule has 3 atom stereocenters. The molecule has 0 saturated carbocycles. The van der Waals surface area contributed by atoms with Gasteiger partial charge in [0.1, 0.15) is 17.9 Å². The van der Waals surface area contributed by atoms with Crippen LogP contribution in [0.5, 0.6) is 5.75 Å². The Hall–Kier alpha value is -2.87. The number of hydrogen-bond acceptors (Lipinski definition) is 6. The van der Waals surface area contributed by atoms with Gasteiger partial charge in [0.25, 0.3) is 5.91 Å². The first-order chi connectivity index (χ1) is 14.3. The van der Waals surface area contributed by atoms with E-state index in [2.05, 4.69) is 0 Å². The van der Waals surface area contributed by atoms with Gasteiger partial charge >= 0.3 is 5.97 Å². The van der Waals surface area contributed by atoms with E-state index in [1.54, 1.807) is 24.4 Å². The molecule has 1 heterocycles. The number of esters is 1. The number of primary amides is 1. The summed E-state index contributed by atoms with van der Waals surface area (Å²) in [5.41, 5.74) is 5.37. The lowest BCUT2D eigenvalue weighted by atomic mass is 10.1. The third kappa shape index (κ3) is 6.32. The summed E-state index contributed by atoms with van der Waals surface area (Å²) in [6, 6.07) is 5.49. The van der Waals surface area contributed by atoms with Gasteiger partial charge in [0.05, 0.1) is 11.7 Å². The van der Waals surface area contributed by atoms with Gasteiger partial charge in [-0.1, -0.05) is 31.1 Å². The number of rotatable bonds is 11. The van der Waals surface area contributed by atoms with Crippen molar-refractivity contribution in [3.8, 4) is 5.75 Å². The number of phenolic OH excluding ortho intramolecular Hbond substituents is 1. The van der Waals surface area contributed by atoms with Gasteiger partial charge in [0, 0.05) is 13.3 Å². The second kappa shape index (κ2) is 11.3. The maximum Gasteiger partial charge on any atom is 0.329 e. The summed E-state index contributed by atoms with van der Waals surface area (Å²) in [6.07, 6.45) is 6.51. The standard InChI is InChI=1S/C22H30N2O6/c1-15(9-4-3-5-13-19(29-2)20(23)26)30-22(28)17-11-8-14-24(17)21(27)16-10-6-7-12-18(16)25/h6-8,10,12,14-15,17,19,25H,3-5,9,11,13H2,1-2H3,(H2,23,26)/t15-,17+,19-/m1/s1. The number of aromatic hydroxyl groups is 1. The van der Waals surface area contributed by atoms with E-state index in [0.717, 1.165) is 19.3 Å². The van der Waals surface area contributed by atoms with Crippen molar-refractivity contribution in [2.45, 2.75) is 63.7 Å². The van der Waals surface area contributed by atoms with Crippen molar-refractivity contribution in [2.24, 2.45) is 5.73 Å². The lowest BCUT2D eigenvalue weighted by Crippen LogP contribution is -2.40. The van der Waals surface area contributed by atoms with Crippen molar-refractivity contribution >= 4 is 17.8 Å². The molecule has 0 spiro atoms. The van der Waals surface area contributed by atoms with Gasteiger partial charge in [-0.3, -0.25) is 9.59 Å². The molecular weight excluding hydrogens is 388 g/mol. The molecule has 0 radical (unpaired) electrons. The molecule has 0 unspecified atom stereocenters. The summed E-state index contributed by atoms with van der Waals surface area (Å²) in [5, 5.41) is 9.91. The predicted molar refractivity (Wildman–Crippen MR) is 110 cm³/mol. The smallest absolute Gasteiger partial charge is 0.329 e. The highest BCUT2D eigenvalue weighted by Gasteiger charge is 2.34. The van der Waals surface area contributed by atoms with E-state index < -0.39 is 29.9 Å². The number of hydrogen-bond donors (Lipinski definition) is 2. The van der Waals surface area contributed by atoms with Crippen LogP contribution in [0.1, 0.15) is 55.8 Å². The molecule has 8 nitrogen and oxygen atoms in total. The maximum atomic E-state index is 12.7. The fraction of sp³-hybridized carbons (Fsp3) is 0.500. The van der Waals surface area contributed by atoms with E-state index in [0.29, 0.717) is 19.3 Å². The SMILES string of the molecule is CO[C@H](CCCCC[C@@H](C)OC(=O)[C@@H]1CC=CN1C(=O)c1ccccc1O)C(N)=O. The number of para-hydroxylation sites is 1. The minimum absolute atomic E-state index is 0.129. The third-order valence-electron chi connectivity index (χ3n) is 5.10. The quantitative estimate of drug-likeness (QED) is 0.421. The lowest BCUT2D eigenvalue weighted by molar-refractivity contribution is -0.152. The van der Waals surface area contributed by atoms with Crippen LogP contribution in [-0.2, 0) is 19.1 Å². The molecule has 1 aliphatic rings. The number of methoxy groups -OCH3 is 1. The van der Waals surface area contributed by atoms with Gasteiger partial charge in [0.2, 0.25) is 5.91 Å². The van der Waals surface area contributed by atoms with E-state index in [1.807, 2.05) is 6.92 Å². The number of nitrogens with two attached hydrogens (primary N) is 1. The van der Waals surface area contributed by atoms with Crippen LogP contribution < -0.4 is 5.73 Å². The topological polar surface area (TPSA) is 119 Å². The minimum atomic E-state index is -0.738. The normalized spacial score (nSPS) is 17.5. The first-order valence-corrected chi connectivity index (χ1v) is 10.1. The van der Waals surface area contributed by atoms with Gasteiger partial charge in [-0.15, -0.1) is 0 Å². The van der Waals surface area contributed by atoms with Crippen molar-refractivity contribution in [1.82, 2.24) is 4.90 Å². The molecule has 2 rings (SSSR count). The number of carbonyl (C=O) groups is 3. The lowest BCUT2D eigenvalue weighted by Gasteiger charge is -2.24. The molecule has 0 aromatic heterocycles. The summed E-state index contributed by atoms with van der Waals surface area (Å²) in [5.74, 6) is -1.51. The number of benzene rings is 1. The van der Waals surface area contributed by atoms with Gasteiger partial charge in [0.15, 0.2) is 0 Å². The molecular formula is C22H30N2O6. The fourth-order valence-electron chi connectivity index (χ4n) is 3.38. The van der Waals surface area contributed by atoms with E-state index in [9.17, 15) is 19.5 Å².